The molecule has 1 atom stereocenters. The molecule has 2 rings (SSSR count). The first-order valence-electron chi connectivity index (χ1n) is 6.35. The van der Waals surface area contributed by atoms with E-state index in [4.69, 9.17) is 5.11 Å². The minimum Gasteiger partial charge on any atom is -0.396 e. The van der Waals surface area contributed by atoms with Gasteiger partial charge in [0, 0.05) is 31.8 Å². The molecule has 0 fully saturated rings. The predicted octanol–water partition coefficient (Wildman–Crippen LogP) is 1.24. The Morgan fingerprint density at radius 3 is 2.89 bits per heavy atom. The number of nitrogens with one attached hydrogen (secondary N) is 1. The number of carbonyl (C=O) groups is 1. The van der Waals surface area contributed by atoms with Crippen molar-refractivity contribution in [3.63, 3.8) is 0 Å². The summed E-state index contributed by atoms with van der Waals surface area (Å²) in [5, 5.41) is 12.3. The maximum atomic E-state index is 11.6. The molecular formula is C14H20N2O2. The van der Waals surface area contributed by atoms with Crippen molar-refractivity contribution in [1.29, 1.82) is 0 Å². The summed E-state index contributed by atoms with van der Waals surface area (Å²) in [6.07, 6.45) is 2.09. The highest BCUT2D eigenvalue weighted by atomic mass is 16.3. The number of carbonyl (C=O) groups excluding carboxylic acids is 1. The van der Waals surface area contributed by atoms with Gasteiger partial charge in [-0.1, -0.05) is 12.1 Å². The summed E-state index contributed by atoms with van der Waals surface area (Å²) in [4.78, 5) is 13.3. The van der Waals surface area contributed by atoms with E-state index in [9.17, 15) is 4.79 Å². The zero-order chi connectivity index (χ0) is 13.1. The standard InChI is InChI=1S/C14H20N2O2/c1-15-12(7-8-17)10-3-5-13-11(9-10)4-6-14(18)16(13)2/h3,5,9,12,15,17H,4,6-8H2,1-2H3. The fourth-order valence-corrected chi connectivity index (χ4v) is 2.50. The molecule has 4 nitrogen and oxygen atoms in total. The smallest absolute Gasteiger partial charge is 0.227 e. The second kappa shape index (κ2) is 5.50. The Bertz CT molecular complexity index is 445. The van der Waals surface area contributed by atoms with Crippen LogP contribution in [0.3, 0.4) is 0 Å². The van der Waals surface area contributed by atoms with E-state index in [0.717, 1.165) is 12.1 Å². The van der Waals surface area contributed by atoms with E-state index in [1.165, 1.54) is 11.1 Å². The Morgan fingerprint density at radius 1 is 1.44 bits per heavy atom. The van der Waals surface area contributed by atoms with Gasteiger partial charge in [0.2, 0.25) is 5.91 Å². The van der Waals surface area contributed by atoms with Gasteiger partial charge < -0.3 is 15.3 Å². The average molecular weight is 248 g/mol. The van der Waals surface area contributed by atoms with Gasteiger partial charge in [-0.3, -0.25) is 4.79 Å². The number of aliphatic hydroxyl groups excluding tert-OH is 1. The number of amides is 1. The van der Waals surface area contributed by atoms with Gasteiger partial charge in [0.25, 0.3) is 0 Å². The van der Waals surface area contributed by atoms with Gasteiger partial charge in [-0.25, -0.2) is 0 Å². The normalized spacial score (nSPS) is 16.6. The van der Waals surface area contributed by atoms with Gasteiger partial charge in [-0.2, -0.15) is 0 Å². The molecule has 0 saturated carbocycles. The summed E-state index contributed by atoms with van der Waals surface area (Å²) in [7, 11) is 3.72. The van der Waals surface area contributed by atoms with Gasteiger partial charge >= 0.3 is 0 Å². The number of fused-ring (bicyclic) bond motifs is 1. The first-order valence-corrected chi connectivity index (χ1v) is 6.35. The van der Waals surface area contributed by atoms with Crippen molar-refractivity contribution in [2.24, 2.45) is 0 Å². The van der Waals surface area contributed by atoms with E-state index in [-0.39, 0.29) is 18.6 Å². The average Bonchev–Trinajstić information content (AvgIpc) is 2.40. The van der Waals surface area contributed by atoms with Crippen molar-refractivity contribution >= 4 is 11.6 Å². The van der Waals surface area contributed by atoms with E-state index in [1.54, 1.807) is 4.90 Å². The Morgan fingerprint density at radius 2 is 2.22 bits per heavy atom. The Hall–Kier alpha value is -1.39. The molecule has 0 saturated heterocycles. The van der Waals surface area contributed by atoms with Crippen molar-refractivity contribution in [3.05, 3.63) is 29.3 Å². The van der Waals surface area contributed by atoms with Crippen LogP contribution in [0.2, 0.25) is 0 Å². The lowest BCUT2D eigenvalue weighted by Gasteiger charge is -2.27. The van der Waals surface area contributed by atoms with Crippen LogP contribution in [0.5, 0.6) is 0 Å². The van der Waals surface area contributed by atoms with Crippen molar-refractivity contribution in [1.82, 2.24) is 5.32 Å². The van der Waals surface area contributed by atoms with Crippen LogP contribution in [-0.2, 0) is 11.2 Å². The monoisotopic (exact) mass is 248 g/mol. The highest BCUT2D eigenvalue weighted by Crippen LogP contribution is 2.29. The first-order chi connectivity index (χ1) is 8.67. The predicted molar refractivity (Wildman–Crippen MR) is 71.7 cm³/mol. The molecule has 0 radical (unpaired) electrons. The van der Waals surface area contributed by atoms with Crippen LogP contribution < -0.4 is 10.2 Å². The molecule has 1 heterocycles. The summed E-state index contributed by atoms with van der Waals surface area (Å²) < 4.78 is 0. The molecule has 2 N–H and O–H groups in total. The number of anilines is 1. The van der Waals surface area contributed by atoms with Crippen molar-refractivity contribution in [3.8, 4) is 0 Å². The van der Waals surface area contributed by atoms with Gasteiger partial charge in [-0.05, 0) is 37.1 Å². The molecule has 1 amide bonds. The number of hydrogen-bond donors (Lipinski definition) is 2. The number of benzene rings is 1. The molecule has 0 aliphatic carbocycles. The third-order valence-electron chi connectivity index (χ3n) is 3.62. The third kappa shape index (κ3) is 2.40. The number of nitrogens with zero attached hydrogens (tertiary/aromatic N) is 1. The fraction of sp³-hybridized carbons (Fsp3) is 0.500. The van der Waals surface area contributed by atoms with Crippen molar-refractivity contribution in [2.45, 2.75) is 25.3 Å². The highest BCUT2D eigenvalue weighted by Gasteiger charge is 2.21. The molecule has 1 aliphatic rings. The maximum absolute atomic E-state index is 11.6. The Labute approximate surface area is 108 Å². The Kier molecular flexibility index (Phi) is 3.99. The van der Waals surface area contributed by atoms with Crippen LogP contribution in [0.1, 0.15) is 30.0 Å². The van der Waals surface area contributed by atoms with Gasteiger partial charge in [0.05, 0.1) is 0 Å². The van der Waals surface area contributed by atoms with E-state index >= 15 is 0 Å². The summed E-state index contributed by atoms with van der Waals surface area (Å²) in [5.41, 5.74) is 3.40. The SMILES string of the molecule is CNC(CCO)c1ccc2c(c1)CCC(=O)N2C. The van der Waals surface area contributed by atoms with Crippen molar-refractivity contribution in [2.75, 3.05) is 25.6 Å². The van der Waals surface area contributed by atoms with E-state index in [2.05, 4.69) is 11.4 Å². The van der Waals surface area contributed by atoms with Crippen LogP contribution in [0.4, 0.5) is 5.69 Å². The lowest BCUT2D eigenvalue weighted by Crippen LogP contribution is -2.31. The first kappa shape index (κ1) is 13.1. The largest absolute Gasteiger partial charge is 0.396 e. The van der Waals surface area contributed by atoms with E-state index < -0.39 is 0 Å². The number of hydrogen-bond acceptors (Lipinski definition) is 3. The molecule has 0 aromatic heterocycles. The minimum atomic E-state index is 0.168. The lowest BCUT2D eigenvalue weighted by molar-refractivity contribution is -0.118. The molecule has 18 heavy (non-hydrogen) atoms. The van der Waals surface area contributed by atoms with Gasteiger partial charge in [0.15, 0.2) is 0 Å². The molecule has 0 bridgehead atoms. The van der Waals surface area contributed by atoms with Crippen LogP contribution >= 0.6 is 0 Å². The number of aryl methyl sites for hydroxylation is 1. The highest BCUT2D eigenvalue weighted by molar-refractivity contribution is 5.95. The molecular weight excluding hydrogens is 228 g/mol. The zero-order valence-electron chi connectivity index (χ0n) is 10.9. The topological polar surface area (TPSA) is 52.6 Å². The third-order valence-corrected chi connectivity index (χ3v) is 3.62. The number of aliphatic hydroxyl groups is 1. The molecule has 98 valence electrons. The fourth-order valence-electron chi connectivity index (χ4n) is 2.50. The maximum Gasteiger partial charge on any atom is 0.227 e. The summed E-state index contributed by atoms with van der Waals surface area (Å²) in [5.74, 6) is 0.177. The molecule has 1 aliphatic heterocycles. The van der Waals surface area contributed by atoms with Crippen LogP contribution in [-0.4, -0.2) is 31.7 Å². The van der Waals surface area contributed by atoms with Crippen molar-refractivity contribution < 1.29 is 9.90 Å². The quantitative estimate of drug-likeness (QED) is 0.843. The summed E-state index contributed by atoms with van der Waals surface area (Å²) in [6.45, 7) is 0.168. The zero-order valence-corrected chi connectivity index (χ0v) is 10.9. The summed E-state index contributed by atoms with van der Waals surface area (Å²) in [6, 6.07) is 6.35. The van der Waals surface area contributed by atoms with Crippen LogP contribution in [0.15, 0.2) is 18.2 Å². The lowest BCUT2D eigenvalue weighted by atomic mass is 9.95. The van der Waals surface area contributed by atoms with Gasteiger partial charge in [0.1, 0.15) is 0 Å². The molecule has 0 spiro atoms. The number of rotatable bonds is 4. The minimum absolute atomic E-state index is 0.168. The molecule has 4 heteroatoms. The van der Waals surface area contributed by atoms with Gasteiger partial charge in [-0.15, -0.1) is 0 Å². The second-order valence-corrected chi connectivity index (χ2v) is 4.69. The Balaban J connectivity index is 2.30. The summed E-state index contributed by atoms with van der Waals surface area (Å²) >= 11 is 0. The molecule has 1 aromatic rings. The second-order valence-electron chi connectivity index (χ2n) is 4.69. The van der Waals surface area contributed by atoms with E-state index in [1.807, 2.05) is 26.2 Å². The van der Waals surface area contributed by atoms with E-state index in [0.29, 0.717) is 12.8 Å². The molecule has 1 aromatic carbocycles. The van der Waals surface area contributed by atoms with Crippen LogP contribution in [0, 0.1) is 0 Å². The van der Waals surface area contributed by atoms with Crippen LogP contribution in [0.25, 0.3) is 0 Å². The molecule has 1 unspecified atom stereocenters.